The van der Waals surface area contributed by atoms with Gasteiger partial charge >= 0.3 is 0 Å². The summed E-state index contributed by atoms with van der Waals surface area (Å²) in [6.45, 7) is 0. The lowest BCUT2D eigenvalue weighted by atomic mass is 10.3. The van der Waals surface area contributed by atoms with Crippen molar-refractivity contribution >= 4 is 0 Å². The molecule has 3 heteroatoms. The molecule has 2 aliphatic rings. The van der Waals surface area contributed by atoms with Crippen LogP contribution in [0.15, 0.2) is 24.3 Å². The molecule has 1 fully saturated rings. The fraction of sp³-hybridized carbons (Fsp3) is 0.400. The van der Waals surface area contributed by atoms with Crippen molar-refractivity contribution in [1.82, 2.24) is 0 Å². The van der Waals surface area contributed by atoms with Crippen LogP contribution in [0, 0.1) is 0 Å². The molecule has 0 unspecified atom stereocenters. The van der Waals surface area contributed by atoms with Gasteiger partial charge in [-0.3, -0.25) is 0 Å². The van der Waals surface area contributed by atoms with Crippen LogP contribution >= 0.6 is 0 Å². The second kappa shape index (κ2) is 2.17. The molecule has 1 aliphatic heterocycles. The molecular formula is C10H11NO2. The zero-order valence-electron chi connectivity index (χ0n) is 7.19. The minimum atomic E-state index is -0.273. The molecule has 0 spiro atoms. The largest absolute Gasteiger partial charge is 0.449 e. The summed E-state index contributed by atoms with van der Waals surface area (Å²) in [4.78, 5) is 0. The predicted octanol–water partition coefficient (Wildman–Crippen LogP) is 1.28. The molecule has 3 rings (SSSR count). The first kappa shape index (κ1) is 7.21. The van der Waals surface area contributed by atoms with E-state index in [9.17, 15) is 0 Å². The molecule has 2 N–H and O–H groups in total. The third-order valence-corrected chi connectivity index (χ3v) is 2.61. The Balaban J connectivity index is 1.89. The van der Waals surface area contributed by atoms with E-state index in [1.165, 1.54) is 0 Å². The molecule has 0 amide bonds. The summed E-state index contributed by atoms with van der Waals surface area (Å²) in [6.07, 6.45) is 1.71. The van der Waals surface area contributed by atoms with Crippen LogP contribution < -0.4 is 15.2 Å². The quantitative estimate of drug-likeness (QED) is 0.702. The highest BCUT2D eigenvalue weighted by Gasteiger charge is 2.51. The van der Waals surface area contributed by atoms with Crippen LogP contribution in [0.3, 0.4) is 0 Å². The zero-order valence-corrected chi connectivity index (χ0v) is 7.19. The van der Waals surface area contributed by atoms with Crippen molar-refractivity contribution < 1.29 is 9.47 Å². The van der Waals surface area contributed by atoms with Crippen molar-refractivity contribution in [3.05, 3.63) is 24.3 Å². The number of fused-ring (bicyclic) bond motifs is 1. The van der Waals surface area contributed by atoms with Crippen molar-refractivity contribution in [2.24, 2.45) is 5.73 Å². The zero-order chi connectivity index (χ0) is 8.89. The molecule has 1 aliphatic carbocycles. The molecule has 0 aromatic heterocycles. The number of hydrogen-bond donors (Lipinski definition) is 1. The van der Waals surface area contributed by atoms with Gasteiger partial charge in [-0.15, -0.1) is 0 Å². The van der Waals surface area contributed by atoms with E-state index in [0.29, 0.717) is 0 Å². The van der Waals surface area contributed by atoms with E-state index in [4.69, 9.17) is 15.2 Å². The molecule has 1 saturated carbocycles. The molecule has 0 saturated heterocycles. The highest BCUT2D eigenvalue weighted by molar-refractivity contribution is 5.42. The van der Waals surface area contributed by atoms with Crippen LogP contribution in [0.2, 0.25) is 0 Å². The van der Waals surface area contributed by atoms with Crippen molar-refractivity contribution in [2.75, 3.05) is 0 Å². The Morgan fingerprint density at radius 3 is 2.15 bits per heavy atom. The summed E-state index contributed by atoms with van der Waals surface area (Å²) >= 11 is 0. The smallest absolute Gasteiger partial charge is 0.259 e. The van der Waals surface area contributed by atoms with Crippen LogP contribution in [0.4, 0.5) is 0 Å². The fourth-order valence-corrected chi connectivity index (χ4v) is 1.51. The first-order valence-electron chi connectivity index (χ1n) is 4.49. The van der Waals surface area contributed by atoms with E-state index in [0.717, 1.165) is 24.3 Å². The van der Waals surface area contributed by atoms with E-state index >= 15 is 0 Å². The van der Waals surface area contributed by atoms with E-state index in [1.807, 2.05) is 24.3 Å². The van der Waals surface area contributed by atoms with Gasteiger partial charge in [-0.1, -0.05) is 12.1 Å². The summed E-state index contributed by atoms with van der Waals surface area (Å²) < 4.78 is 11.2. The maximum absolute atomic E-state index is 5.98. The van der Waals surface area contributed by atoms with E-state index in [2.05, 4.69) is 0 Å². The summed E-state index contributed by atoms with van der Waals surface area (Å²) in [5.74, 6) is 1.62. The van der Waals surface area contributed by atoms with Crippen LogP contribution in [-0.4, -0.2) is 11.8 Å². The number of para-hydroxylation sites is 2. The molecule has 1 aromatic carbocycles. The number of nitrogens with two attached hydrogens (primary N) is 1. The van der Waals surface area contributed by atoms with Gasteiger partial charge in [-0.05, 0) is 25.0 Å². The Morgan fingerprint density at radius 2 is 1.69 bits per heavy atom. The fourth-order valence-electron chi connectivity index (χ4n) is 1.51. The van der Waals surface area contributed by atoms with E-state index in [-0.39, 0.29) is 11.8 Å². The average Bonchev–Trinajstić information content (AvgIpc) is 2.76. The first-order valence-corrected chi connectivity index (χ1v) is 4.49. The van der Waals surface area contributed by atoms with Gasteiger partial charge in [0.05, 0.1) is 5.54 Å². The van der Waals surface area contributed by atoms with Crippen molar-refractivity contribution in [3.8, 4) is 11.5 Å². The van der Waals surface area contributed by atoms with Crippen LogP contribution in [0.5, 0.6) is 11.5 Å². The summed E-state index contributed by atoms with van der Waals surface area (Å²) in [7, 11) is 0. The van der Waals surface area contributed by atoms with Crippen molar-refractivity contribution in [2.45, 2.75) is 24.7 Å². The number of hydrogen-bond acceptors (Lipinski definition) is 3. The maximum Gasteiger partial charge on any atom is 0.259 e. The van der Waals surface area contributed by atoms with Gasteiger partial charge in [0.15, 0.2) is 11.5 Å². The maximum atomic E-state index is 5.98. The molecule has 68 valence electrons. The van der Waals surface area contributed by atoms with Gasteiger partial charge in [-0.25, -0.2) is 0 Å². The van der Waals surface area contributed by atoms with E-state index in [1.54, 1.807) is 0 Å². The Morgan fingerprint density at radius 1 is 1.15 bits per heavy atom. The SMILES string of the molecule is NC1(C2Oc3ccccc3O2)CC1. The van der Waals surface area contributed by atoms with Crippen LogP contribution in [-0.2, 0) is 0 Å². The predicted molar refractivity (Wildman–Crippen MR) is 47.6 cm³/mol. The third kappa shape index (κ3) is 1.00. The van der Waals surface area contributed by atoms with Gasteiger partial charge in [-0.2, -0.15) is 0 Å². The molecule has 13 heavy (non-hydrogen) atoms. The Labute approximate surface area is 76.4 Å². The average molecular weight is 177 g/mol. The van der Waals surface area contributed by atoms with Gasteiger partial charge in [0.25, 0.3) is 6.29 Å². The Hall–Kier alpha value is -1.22. The first-order chi connectivity index (χ1) is 6.28. The van der Waals surface area contributed by atoms with Gasteiger partial charge in [0, 0.05) is 0 Å². The number of rotatable bonds is 1. The van der Waals surface area contributed by atoms with Crippen molar-refractivity contribution in [3.63, 3.8) is 0 Å². The minimum absolute atomic E-state index is 0.237. The highest BCUT2D eigenvalue weighted by Crippen LogP contribution is 2.44. The third-order valence-electron chi connectivity index (χ3n) is 2.61. The normalized spacial score (nSPS) is 23.2. The highest BCUT2D eigenvalue weighted by atomic mass is 16.7. The van der Waals surface area contributed by atoms with Crippen molar-refractivity contribution in [1.29, 1.82) is 0 Å². The van der Waals surface area contributed by atoms with Gasteiger partial charge in [0.2, 0.25) is 0 Å². The molecular weight excluding hydrogens is 166 g/mol. The lowest BCUT2D eigenvalue weighted by Gasteiger charge is -2.16. The summed E-state index contributed by atoms with van der Waals surface area (Å²) in [5, 5.41) is 0. The molecule has 1 heterocycles. The summed E-state index contributed by atoms with van der Waals surface area (Å²) in [5.41, 5.74) is 5.74. The molecule has 0 radical (unpaired) electrons. The van der Waals surface area contributed by atoms with Crippen LogP contribution in [0.25, 0.3) is 0 Å². The molecule has 3 nitrogen and oxygen atoms in total. The monoisotopic (exact) mass is 177 g/mol. The topological polar surface area (TPSA) is 44.5 Å². The second-order valence-corrected chi connectivity index (χ2v) is 3.75. The summed E-state index contributed by atoms with van der Waals surface area (Å²) in [6, 6.07) is 7.67. The van der Waals surface area contributed by atoms with Crippen LogP contribution in [0.1, 0.15) is 12.8 Å². The Bertz CT molecular complexity index is 322. The molecule has 1 aromatic rings. The number of ether oxygens (including phenoxy) is 2. The molecule has 0 atom stereocenters. The Kier molecular flexibility index (Phi) is 1.21. The second-order valence-electron chi connectivity index (χ2n) is 3.75. The van der Waals surface area contributed by atoms with Gasteiger partial charge < -0.3 is 15.2 Å². The minimum Gasteiger partial charge on any atom is -0.449 e. The van der Waals surface area contributed by atoms with Gasteiger partial charge in [0.1, 0.15) is 0 Å². The molecule has 0 bridgehead atoms. The lowest BCUT2D eigenvalue weighted by molar-refractivity contribution is 0.0169. The van der Waals surface area contributed by atoms with E-state index < -0.39 is 0 Å². The standard InChI is InChI=1S/C10H11NO2/c11-10(5-6-10)9-12-7-3-1-2-4-8(7)13-9/h1-4,9H,5-6,11H2. The lowest BCUT2D eigenvalue weighted by Crippen LogP contribution is -2.42. The number of benzene rings is 1.